The number of carbonyl (C=O) groups is 2. The number of ether oxygens (including phenoxy) is 1. The molecule has 0 spiro atoms. The van der Waals surface area contributed by atoms with E-state index in [1.807, 2.05) is 25.6 Å². The molecular formula is C18H26N2O3S. The first-order valence-electron chi connectivity index (χ1n) is 8.34. The minimum atomic E-state index is -0.533. The van der Waals surface area contributed by atoms with Crippen molar-refractivity contribution in [3.8, 4) is 5.75 Å². The lowest BCUT2D eigenvalue weighted by Crippen LogP contribution is -2.52. The molecule has 0 saturated carbocycles. The lowest BCUT2D eigenvalue weighted by molar-refractivity contribution is -0.124. The lowest BCUT2D eigenvalue weighted by Gasteiger charge is -2.27. The minimum Gasteiger partial charge on any atom is -0.497 e. The van der Waals surface area contributed by atoms with Crippen molar-refractivity contribution in [3.05, 3.63) is 29.8 Å². The monoisotopic (exact) mass is 350 g/mol. The van der Waals surface area contributed by atoms with Crippen LogP contribution in [-0.4, -0.2) is 42.5 Å². The molecule has 5 nitrogen and oxygen atoms in total. The van der Waals surface area contributed by atoms with Gasteiger partial charge in [0.15, 0.2) is 0 Å². The largest absolute Gasteiger partial charge is 0.497 e. The summed E-state index contributed by atoms with van der Waals surface area (Å²) in [6.07, 6.45) is 1.99. The van der Waals surface area contributed by atoms with Crippen LogP contribution in [0.2, 0.25) is 0 Å². The summed E-state index contributed by atoms with van der Waals surface area (Å²) in [5.74, 6) is 2.53. The van der Waals surface area contributed by atoms with Crippen LogP contribution >= 0.6 is 11.8 Å². The normalized spacial score (nSPS) is 16.5. The van der Waals surface area contributed by atoms with Crippen LogP contribution in [-0.2, 0) is 4.79 Å². The van der Waals surface area contributed by atoms with E-state index < -0.39 is 6.04 Å². The second kappa shape index (κ2) is 8.97. The minimum absolute atomic E-state index is 0.0187. The summed E-state index contributed by atoms with van der Waals surface area (Å²) < 4.78 is 5.09. The molecule has 1 unspecified atom stereocenters. The van der Waals surface area contributed by atoms with Crippen molar-refractivity contribution in [1.82, 2.24) is 10.6 Å². The van der Waals surface area contributed by atoms with Crippen LogP contribution in [0, 0.1) is 5.92 Å². The molecule has 132 valence electrons. The van der Waals surface area contributed by atoms with E-state index in [0.29, 0.717) is 11.3 Å². The molecule has 1 aliphatic rings. The van der Waals surface area contributed by atoms with Gasteiger partial charge in [0.1, 0.15) is 11.8 Å². The van der Waals surface area contributed by atoms with Crippen LogP contribution in [0.15, 0.2) is 24.3 Å². The molecule has 0 aromatic heterocycles. The number of carbonyl (C=O) groups excluding carboxylic acids is 2. The molecule has 6 heteroatoms. The Morgan fingerprint density at radius 3 is 2.33 bits per heavy atom. The molecule has 1 saturated heterocycles. The van der Waals surface area contributed by atoms with Crippen LogP contribution in [0.4, 0.5) is 0 Å². The Morgan fingerprint density at radius 2 is 1.79 bits per heavy atom. The Balaban J connectivity index is 1.98. The summed E-state index contributed by atoms with van der Waals surface area (Å²) in [5, 5.41) is 5.95. The van der Waals surface area contributed by atoms with Gasteiger partial charge < -0.3 is 15.4 Å². The average Bonchev–Trinajstić information content (AvgIpc) is 2.60. The summed E-state index contributed by atoms with van der Waals surface area (Å²) >= 11 is 1.92. The maximum atomic E-state index is 12.6. The van der Waals surface area contributed by atoms with Crippen LogP contribution in [0.1, 0.15) is 37.0 Å². The lowest BCUT2D eigenvalue weighted by atomic mass is 10.0. The SMILES string of the molecule is COc1ccc(C(=O)NC(C(=O)NC2CCSCC2)C(C)C)cc1. The van der Waals surface area contributed by atoms with Crippen LogP contribution in [0.25, 0.3) is 0 Å². The van der Waals surface area contributed by atoms with Crippen molar-refractivity contribution in [2.45, 2.75) is 38.8 Å². The van der Waals surface area contributed by atoms with E-state index in [1.165, 1.54) is 0 Å². The predicted molar refractivity (Wildman–Crippen MR) is 97.6 cm³/mol. The third-order valence-corrected chi connectivity index (χ3v) is 5.20. The maximum absolute atomic E-state index is 12.6. The molecule has 2 amide bonds. The summed E-state index contributed by atoms with van der Waals surface area (Å²) in [6, 6.07) is 6.55. The van der Waals surface area contributed by atoms with Gasteiger partial charge in [0.05, 0.1) is 7.11 Å². The second-order valence-corrected chi connectivity index (χ2v) is 7.54. The Kier molecular flexibility index (Phi) is 6.97. The van der Waals surface area contributed by atoms with Crippen molar-refractivity contribution in [2.75, 3.05) is 18.6 Å². The highest BCUT2D eigenvalue weighted by atomic mass is 32.2. The van der Waals surface area contributed by atoms with Gasteiger partial charge in [-0.25, -0.2) is 0 Å². The molecule has 1 aromatic rings. The van der Waals surface area contributed by atoms with E-state index in [0.717, 1.165) is 24.3 Å². The molecule has 0 bridgehead atoms. The number of rotatable bonds is 6. The topological polar surface area (TPSA) is 67.4 Å². The van der Waals surface area contributed by atoms with Crippen molar-refractivity contribution < 1.29 is 14.3 Å². The quantitative estimate of drug-likeness (QED) is 0.827. The zero-order chi connectivity index (χ0) is 17.5. The molecule has 2 N–H and O–H groups in total. The van der Waals surface area contributed by atoms with Gasteiger partial charge in [0.2, 0.25) is 5.91 Å². The Labute approximate surface area is 147 Å². The molecule has 2 rings (SSSR count). The van der Waals surface area contributed by atoms with E-state index >= 15 is 0 Å². The van der Waals surface area contributed by atoms with Crippen LogP contribution in [0.5, 0.6) is 5.75 Å². The van der Waals surface area contributed by atoms with Crippen LogP contribution in [0.3, 0.4) is 0 Å². The highest BCUT2D eigenvalue weighted by Gasteiger charge is 2.27. The fourth-order valence-electron chi connectivity index (χ4n) is 2.63. The molecular weight excluding hydrogens is 324 g/mol. The Bertz CT molecular complexity index is 554. The van der Waals surface area contributed by atoms with E-state index in [4.69, 9.17) is 4.74 Å². The van der Waals surface area contributed by atoms with Gasteiger partial charge >= 0.3 is 0 Å². The Morgan fingerprint density at radius 1 is 1.17 bits per heavy atom. The van der Waals surface area contributed by atoms with E-state index in [-0.39, 0.29) is 23.8 Å². The molecule has 1 fully saturated rings. The van der Waals surface area contributed by atoms with Crippen molar-refractivity contribution in [3.63, 3.8) is 0 Å². The zero-order valence-electron chi connectivity index (χ0n) is 14.5. The first-order valence-corrected chi connectivity index (χ1v) is 9.49. The van der Waals surface area contributed by atoms with Gasteiger partial charge in [-0.1, -0.05) is 13.8 Å². The standard InChI is InChI=1S/C18H26N2O3S/c1-12(2)16(18(22)19-14-8-10-24-11-9-14)20-17(21)13-4-6-15(23-3)7-5-13/h4-7,12,14,16H,8-11H2,1-3H3,(H,19,22)(H,20,21). The molecule has 24 heavy (non-hydrogen) atoms. The van der Waals surface area contributed by atoms with Crippen LogP contribution < -0.4 is 15.4 Å². The van der Waals surface area contributed by atoms with Gasteiger partial charge in [-0.3, -0.25) is 9.59 Å². The summed E-state index contributed by atoms with van der Waals surface area (Å²) in [5.41, 5.74) is 0.517. The third-order valence-electron chi connectivity index (χ3n) is 4.16. The molecule has 1 aliphatic heterocycles. The average molecular weight is 350 g/mol. The van der Waals surface area contributed by atoms with Gasteiger partial charge in [-0.05, 0) is 54.5 Å². The van der Waals surface area contributed by atoms with Crippen molar-refractivity contribution >= 4 is 23.6 Å². The van der Waals surface area contributed by atoms with E-state index in [9.17, 15) is 9.59 Å². The number of hydrogen-bond donors (Lipinski definition) is 2. The Hall–Kier alpha value is -1.69. The fourth-order valence-corrected chi connectivity index (χ4v) is 3.74. The van der Waals surface area contributed by atoms with Gasteiger partial charge in [-0.15, -0.1) is 0 Å². The second-order valence-electron chi connectivity index (χ2n) is 6.32. The first kappa shape index (κ1) is 18.6. The highest BCUT2D eigenvalue weighted by Crippen LogP contribution is 2.17. The molecule has 1 aromatic carbocycles. The number of amides is 2. The maximum Gasteiger partial charge on any atom is 0.251 e. The summed E-state index contributed by atoms with van der Waals surface area (Å²) in [6.45, 7) is 3.88. The number of nitrogens with one attached hydrogen (secondary N) is 2. The number of hydrogen-bond acceptors (Lipinski definition) is 4. The number of methoxy groups -OCH3 is 1. The number of benzene rings is 1. The van der Waals surface area contributed by atoms with Gasteiger partial charge in [0, 0.05) is 11.6 Å². The van der Waals surface area contributed by atoms with Gasteiger partial charge in [-0.2, -0.15) is 11.8 Å². The highest BCUT2D eigenvalue weighted by molar-refractivity contribution is 7.99. The molecule has 1 atom stereocenters. The fraction of sp³-hybridized carbons (Fsp3) is 0.556. The zero-order valence-corrected chi connectivity index (χ0v) is 15.3. The van der Waals surface area contributed by atoms with E-state index in [1.54, 1.807) is 31.4 Å². The number of thioether (sulfide) groups is 1. The van der Waals surface area contributed by atoms with E-state index in [2.05, 4.69) is 10.6 Å². The van der Waals surface area contributed by atoms with Crippen molar-refractivity contribution in [1.29, 1.82) is 0 Å². The molecule has 1 heterocycles. The first-order chi connectivity index (χ1) is 11.5. The molecule has 0 aliphatic carbocycles. The predicted octanol–water partition coefficient (Wildman–Crippen LogP) is 2.46. The van der Waals surface area contributed by atoms with Crippen molar-refractivity contribution in [2.24, 2.45) is 5.92 Å². The van der Waals surface area contributed by atoms with Gasteiger partial charge in [0.25, 0.3) is 5.91 Å². The summed E-state index contributed by atoms with van der Waals surface area (Å²) in [7, 11) is 1.58. The summed E-state index contributed by atoms with van der Waals surface area (Å²) in [4.78, 5) is 25.0. The third kappa shape index (κ3) is 5.16. The smallest absolute Gasteiger partial charge is 0.251 e. The molecule has 0 radical (unpaired) electrons.